The molecule has 5 nitrogen and oxygen atoms in total. The first-order valence-corrected chi connectivity index (χ1v) is 10.5. The molecule has 5 heteroatoms. The van der Waals surface area contributed by atoms with Crippen LogP contribution in [0.4, 0.5) is 0 Å². The standard InChI is InChI=1S/C22H28N2O3/c25-21-8-4-7-19-16-11-17(14-24(19)21)20-12-18(9-10-23(20)13-16)27-22(26)15-5-2-1-3-6-15/h1-3,5-6,16-20H,4,7-14H2/t16-,17-,18-,19+,20-/m0/s1. The lowest BCUT2D eigenvalue weighted by Crippen LogP contribution is -2.65. The number of fused-ring (bicyclic) bond motifs is 6. The molecule has 1 amide bonds. The van der Waals surface area contributed by atoms with E-state index in [0.717, 1.165) is 45.3 Å². The first-order valence-electron chi connectivity index (χ1n) is 10.5. The summed E-state index contributed by atoms with van der Waals surface area (Å²) in [7, 11) is 0. The highest BCUT2D eigenvalue weighted by Gasteiger charge is 2.49. The van der Waals surface area contributed by atoms with E-state index in [1.165, 1.54) is 12.8 Å². The fraction of sp³-hybridized carbons (Fsp3) is 0.636. The number of hydrogen-bond acceptors (Lipinski definition) is 4. The van der Waals surface area contributed by atoms with Gasteiger partial charge >= 0.3 is 5.97 Å². The Bertz CT molecular complexity index is 722. The number of hydrogen-bond donors (Lipinski definition) is 0. The van der Waals surface area contributed by atoms with Crippen molar-refractivity contribution in [1.82, 2.24) is 9.80 Å². The molecule has 4 saturated heterocycles. The van der Waals surface area contributed by atoms with Crippen LogP contribution in [0.2, 0.25) is 0 Å². The van der Waals surface area contributed by atoms with Crippen LogP contribution < -0.4 is 0 Å². The minimum atomic E-state index is -0.211. The van der Waals surface area contributed by atoms with Crippen molar-refractivity contribution in [2.45, 2.75) is 56.7 Å². The first kappa shape index (κ1) is 17.2. The summed E-state index contributed by atoms with van der Waals surface area (Å²) >= 11 is 0. The molecule has 4 aliphatic heterocycles. The van der Waals surface area contributed by atoms with Gasteiger partial charge in [0.2, 0.25) is 5.91 Å². The molecular weight excluding hydrogens is 340 g/mol. The Kier molecular flexibility index (Phi) is 4.43. The highest BCUT2D eigenvalue weighted by molar-refractivity contribution is 5.89. The number of piperidine rings is 4. The van der Waals surface area contributed by atoms with Gasteiger partial charge in [-0.15, -0.1) is 0 Å². The zero-order valence-corrected chi connectivity index (χ0v) is 15.8. The molecule has 0 aromatic heterocycles. The number of carbonyl (C=O) groups excluding carboxylic acids is 2. The summed E-state index contributed by atoms with van der Waals surface area (Å²) in [5.74, 6) is 1.31. The lowest BCUT2D eigenvalue weighted by molar-refractivity contribution is -0.150. The van der Waals surface area contributed by atoms with E-state index in [-0.39, 0.29) is 12.1 Å². The maximum atomic E-state index is 12.4. The van der Waals surface area contributed by atoms with Gasteiger partial charge in [-0.3, -0.25) is 9.69 Å². The summed E-state index contributed by atoms with van der Waals surface area (Å²) in [4.78, 5) is 29.7. The number of ether oxygens (including phenoxy) is 1. The molecule has 0 unspecified atom stereocenters. The van der Waals surface area contributed by atoms with Crippen molar-refractivity contribution in [3.63, 3.8) is 0 Å². The van der Waals surface area contributed by atoms with Gasteiger partial charge in [-0.2, -0.15) is 0 Å². The number of nitrogens with zero attached hydrogens (tertiary/aromatic N) is 2. The first-order chi connectivity index (χ1) is 13.2. The molecule has 5 atom stereocenters. The van der Waals surface area contributed by atoms with Crippen molar-refractivity contribution in [1.29, 1.82) is 0 Å². The van der Waals surface area contributed by atoms with Gasteiger partial charge in [0.15, 0.2) is 0 Å². The molecule has 1 aromatic carbocycles. The predicted molar refractivity (Wildman–Crippen MR) is 101 cm³/mol. The fourth-order valence-electron chi connectivity index (χ4n) is 5.95. The van der Waals surface area contributed by atoms with E-state index in [0.29, 0.717) is 35.4 Å². The van der Waals surface area contributed by atoms with E-state index in [2.05, 4.69) is 9.80 Å². The quantitative estimate of drug-likeness (QED) is 0.753. The Morgan fingerprint density at radius 3 is 2.67 bits per heavy atom. The molecule has 4 fully saturated rings. The molecule has 0 radical (unpaired) electrons. The summed E-state index contributed by atoms with van der Waals surface area (Å²) in [5.41, 5.74) is 0.628. The van der Waals surface area contributed by atoms with Gasteiger partial charge in [-0.05, 0) is 49.7 Å². The van der Waals surface area contributed by atoms with Crippen molar-refractivity contribution >= 4 is 11.9 Å². The molecule has 2 bridgehead atoms. The van der Waals surface area contributed by atoms with Gasteiger partial charge in [0.1, 0.15) is 6.10 Å². The zero-order valence-electron chi connectivity index (χ0n) is 15.8. The number of amides is 1. The van der Waals surface area contributed by atoms with E-state index in [9.17, 15) is 9.59 Å². The van der Waals surface area contributed by atoms with Crippen LogP contribution in [0, 0.1) is 11.8 Å². The van der Waals surface area contributed by atoms with Crippen molar-refractivity contribution in [2.24, 2.45) is 11.8 Å². The van der Waals surface area contributed by atoms with E-state index in [4.69, 9.17) is 4.74 Å². The highest BCUT2D eigenvalue weighted by atomic mass is 16.5. The Balaban J connectivity index is 1.27. The summed E-state index contributed by atoms with van der Waals surface area (Å²) in [6.07, 6.45) is 6.01. The third-order valence-electron chi connectivity index (χ3n) is 7.20. The van der Waals surface area contributed by atoms with Gasteiger partial charge < -0.3 is 9.64 Å². The van der Waals surface area contributed by atoms with Crippen molar-refractivity contribution in [3.05, 3.63) is 35.9 Å². The Morgan fingerprint density at radius 1 is 1.00 bits per heavy atom. The van der Waals surface area contributed by atoms with Gasteiger partial charge in [0, 0.05) is 44.6 Å². The van der Waals surface area contributed by atoms with Crippen LogP contribution in [0.25, 0.3) is 0 Å². The maximum absolute atomic E-state index is 12.4. The SMILES string of the molecule is O=C(O[C@H]1CCN2C[C@@H]3C[C@@H](CN4C(=O)CCC[C@H]34)[C@@H]2C1)c1ccccc1. The van der Waals surface area contributed by atoms with Crippen molar-refractivity contribution < 1.29 is 14.3 Å². The largest absolute Gasteiger partial charge is 0.459 e. The second kappa shape index (κ2) is 6.93. The van der Waals surface area contributed by atoms with Crippen LogP contribution in [-0.2, 0) is 9.53 Å². The monoisotopic (exact) mass is 368 g/mol. The molecule has 4 aliphatic rings. The smallest absolute Gasteiger partial charge is 0.338 e. The normalized spacial score (nSPS) is 35.9. The number of carbonyl (C=O) groups is 2. The molecule has 0 spiro atoms. The molecule has 144 valence electrons. The summed E-state index contributed by atoms with van der Waals surface area (Å²) in [6, 6.07) is 10.2. The van der Waals surface area contributed by atoms with Gasteiger partial charge in [-0.1, -0.05) is 18.2 Å². The minimum absolute atomic E-state index is 0.00899. The lowest BCUT2D eigenvalue weighted by Gasteiger charge is -2.57. The van der Waals surface area contributed by atoms with Crippen LogP contribution in [0.5, 0.6) is 0 Å². The van der Waals surface area contributed by atoms with E-state index >= 15 is 0 Å². The average molecular weight is 368 g/mol. The maximum Gasteiger partial charge on any atom is 0.338 e. The average Bonchev–Trinajstić information content (AvgIpc) is 2.70. The van der Waals surface area contributed by atoms with Crippen molar-refractivity contribution in [3.8, 4) is 0 Å². The Morgan fingerprint density at radius 2 is 1.81 bits per heavy atom. The van der Waals surface area contributed by atoms with Gasteiger partial charge in [0.05, 0.1) is 5.56 Å². The fourth-order valence-corrected chi connectivity index (χ4v) is 5.95. The number of benzene rings is 1. The molecule has 5 rings (SSSR count). The summed E-state index contributed by atoms with van der Waals surface area (Å²) < 4.78 is 5.85. The topological polar surface area (TPSA) is 49.9 Å². The number of rotatable bonds is 2. The highest BCUT2D eigenvalue weighted by Crippen LogP contribution is 2.43. The van der Waals surface area contributed by atoms with Crippen LogP contribution in [0.15, 0.2) is 30.3 Å². The van der Waals surface area contributed by atoms with Crippen LogP contribution in [0.1, 0.15) is 48.9 Å². The summed E-state index contributed by atoms with van der Waals surface area (Å²) in [5, 5.41) is 0. The van der Waals surface area contributed by atoms with Gasteiger partial charge in [-0.25, -0.2) is 4.79 Å². The molecule has 27 heavy (non-hydrogen) atoms. The minimum Gasteiger partial charge on any atom is -0.459 e. The third kappa shape index (κ3) is 3.16. The van der Waals surface area contributed by atoms with Crippen LogP contribution >= 0.6 is 0 Å². The van der Waals surface area contributed by atoms with Gasteiger partial charge in [0.25, 0.3) is 0 Å². The molecular formula is C22H28N2O3. The molecule has 0 N–H and O–H groups in total. The lowest BCUT2D eigenvalue weighted by atomic mass is 9.70. The Labute approximate surface area is 160 Å². The molecule has 0 aliphatic carbocycles. The van der Waals surface area contributed by atoms with E-state index in [1.54, 1.807) is 0 Å². The third-order valence-corrected chi connectivity index (χ3v) is 7.20. The summed E-state index contributed by atoms with van der Waals surface area (Å²) in [6.45, 7) is 3.01. The molecule has 1 aromatic rings. The second-order valence-corrected chi connectivity index (χ2v) is 8.74. The molecule has 0 saturated carbocycles. The van der Waals surface area contributed by atoms with E-state index in [1.807, 2.05) is 30.3 Å². The predicted octanol–water partition coefficient (Wildman–Crippen LogP) is 2.71. The second-order valence-electron chi connectivity index (χ2n) is 8.74. The van der Waals surface area contributed by atoms with E-state index < -0.39 is 0 Å². The zero-order chi connectivity index (χ0) is 18.4. The Hall–Kier alpha value is -1.88. The molecule has 4 heterocycles. The van der Waals surface area contributed by atoms with Crippen LogP contribution in [0.3, 0.4) is 0 Å². The number of esters is 1. The van der Waals surface area contributed by atoms with Crippen LogP contribution in [-0.4, -0.2) is 59.5 Å². The van der Waals surface area contributed by atoms with Crippen molar-refractivity contribution in [2.75, 3.05) is 19.6 Å².